The van der Waals surface area contributed by atoms with Gasteiger partial charge in [-0.05, 0) is 13.3 Å². The molecule has 1 aromatic heterocycles. The van der Waals surface area contributed by atoms with Crippen LogP contribution in [0.25, 0.3) is 0 Å². The lowest BCUT2D eigenvalue weighted by molar-refractivity contribution is -0.0106. The third kappa shape index (κ3) is 1.40. The van der Waals surface area contributed by atoms with E-state index in [0.717, 1.165) is 6.42 Å². The molecule has 1 atom stereocenters. The standard InChI is InChI=1S/C7H13N3O2/c1-4-7(2,11-3)5-9-6(8)12-10-5/h4H2,1-3H3,(H2,8,9,10). The molecule has 0 spiro atoms. The summed E-state index contributed by atoms with van der Waals surface area (Å²) in [7, 11) is 1.61. The zero-order chi connectivity index (χ0) is 9.19. The number of aromatic nitrogens is 2. The Morgan fingerprint density at radius 1 is 1.67 bits per heavy atom. The fourth-order valence-electron chi connectivity index (χ4n) is 0.844. The highest BCUT2D eigenvalue weighted by Gasteiger charge is 2.29. The van der Waals surface area contributed by atoms with Crippen LogP contribution >= 0.6 is 0 Å². The third-order valence-electron chi connectivity index (χ3n) is 2.04. The van der Waals surface area contributed by atoms with Gasteiger partial charge in [-0.15, -0.1) is 0 Å². The number of hydrogen-bond donors (Lipinski definition) is 1. The van der Waals surface area contributed by atoms with Crippen LogP contribution in [0, 0.1) is 0 Å². The number of ether oxygens (including phenoxy) is 1. The number of nitrogens with zero attached hydrogens (tertiary/aromatic N) is 2. The number of anilines is 1. The average molecular weight is 171 g/mol. The van der Waals surface area contributed by atoms with Gasteiger partial charge in [-0.1, -0.05) is 12.1 Å². The van der Waals surface area contributed by atoms with Gasteiger partial charge in [-0.2, -0.15) is 4.98 Å². The molecule has 1 aromatic rings. The predicted molar refractivity (Wildman–Crippen MR) is 43.4 cm³/mol. The second kappa shape index (κ2) is 3.10. The molecule has 0 aliphatic heterocycles. The summed E-state index contributed by atoms with van der Waals surface area (Å²) in [6.07, 6.45) is 0.766. The Kier molecular flexibility index (Phi) is 2.32. The third-order valence-corrected chi connectivity index (χ3v) is 2.04. The summed E-state index contributed by atoms with van der Waals surface area (Å²) in [6.45, 7) is 3.87. The van der Waals surface area contributed by atoms with Crippen molar-refractivity contribution in [3.05, 3.63) is 5.82 Å². The SMILES string of the molecule is CCC(C)(OC)c1noc(N)n1. The van der Waals surface area contributed by atoms with Gasteiger partial charge in [0, 0.05) is 7.11 Å². The van der Waals surface area contributed by atoms with Crippen LogP contribution in [-0.2, 0) is 10.3 Å². The van der Waals surface area contributed by atoms with Gasteiger partial charge in [0.25, 0.3) is 0 Å². The van der Waals surface area contributed by atoms with Gasteiger partial charge in [-0.25, -0.2) is 0 Å². The minimum atomic E-state index is -0.499. The second-order valence-corrected chi connectivity index (χ2v) is 2.74. The van der Waals surface area contributed by atoms with Gasteiger partial charge in [0.2, 0.25) is 5.82 Å². The zero-order valence-electron chi connectivity index (χ0n) is 7.50. The van der Waals surface area contributed by atoms with Gasteiger partial charge in [0.05, 0.1) is 0 Å². The van der Waals surface area contributed by atoms with E-state index < -0.39 is 5.60 Å². The summed E-state index contributed by atoms with van der Waals surface area (Å²) in [5.74, 6) is 0.491. The summed E-state index contributed by atoms with van der Waals surface area (Å²) in [4.78, 5) is 3.90. The molecule has 0 bridgehead atoms. The van der Waals surface area contributed by atoms with Gasteiger partial charge < -0.3 is 15.0 Å². The van der Waals surface area contributed by atoms with Crippen LogP contribution in [0.4, 0.5) is 6.01 Å². The highest BCUT2D eigenvalue weighted by molar-refractivity contribution is 5.11. The van der Waals surface area contributed by atoms with Crippen LogP contribution in [0.15, 0.2) is 4.52 Å². The van der Waals surface area contributed by atoms with E-state index in [1.54, 1.807) is 7.11 Å². The van der Waals surface area contributed by atoms with Gasteiger partial charge in [0.15, 0.2) is 0 Å². The van der Waals surface area contributed by atoms with Crippen LogP contribution in [0.5, 0.6) is 0 Å². The van der Waals surface area contributed by atoms with Crippen LogP contribution in [-0.4, -0.2) is 17.3 Å². The van der Waals surface area contributed by atoms with Crippen molar-refractivity contribution in [2.24, 2.45) is 0 Å². The van der Waals surface area contributed by atoms with E-state index in [1.807, 2.05) is 13.8 Å². The molecule has 0 saturated heterocycles. The molecule has 0 aliphatic carbocycles. The van der Waals surface area contributed by atoms with E-state index >= 15 is 0 Å². The molecule has 12 heavy (non-hydrogen) atoms. The normalized spacial score (nSPS) is 15.9. The Balaban J connectivity index is 2.94. The first-order chi connectivity index (χ1) is 5.62. The largest absolute Gasteiger partial charge is 0.370 e. The van der Waals surface area contributed by atoms with Crippen molar-refractivity contribution < 1.29 is 9.26 Å². The Bertz CT molecular complexity index is 255. The fourth-order valence-corrected chi connectivity index (χ4v) is 0.844. The Morgan fingerprint density at radius 2 is 2.33 bits per heavy atom. The summed E-state index contributed by atoms with van der Waals surface area (Å²) >= 11 is 0. The number of nitrogens with two attached hydrogens (primary N) is 1. The van der Waals surface area contributed by atoms with Crippen molar-refractivity contribution >= 4 is 6.01 Å². The smallest absolute Gasteiger partial charge is 0.318 e. The topological polar surface area (TPSA) is 74.2 Å². The highest BCUT2D eigenvalue weighted by atomic mass is 16.5. The van der Waals surface area contributed by atoms with E-state index in [4.69, 9.17) is 10.5 Å². The predicted octanol–water partition coefficient (Wildman–Crippen LogP) is 0.923. The number of methoxy groups -OCH3 is 1. The molecule has 0 fully saturated rings. The van der Waals surface area contributed by atoms with Crippen molar-refractivity contribution in [3.8, 4) is 0 Å². The van der Waals surface area contributed by atoms with Crippen molar-refractivity contribution in [2.45, 2.75) is 25.9 Å². The van der Waals surface area contributed by atoms with Gasteiger partial charge >= 0.3 is 6.01 Å². The van der Waals surface area contributed by atoms with Crippen LogP contribution in [0.2, 0.25) is 0 Å². The van der Waals surface area contributed by atoms with Crippen LogP contribution in [0.3, 0.4) is 0 Å². The Hall–Kier alpha value is -1.10. The summed E-state index contributed by atoms with van der Waals surface area (Å²) in [5, 5.41) is 3.69. The number of rotatable bonds is 3. The minimum absolute atomic E-state index is 0.0710. The van der Waals surface area contributed by atoms with E-state index in [0.29, 0.717) is 5.82 Å². The molecule has 0 aromatic carbocycles. The fraction of sp³-hybridized carbons (Fsp3) is 0.714. The maximum Gasteiger partial charge on any atom is 0.318 e. The van der Waals surface area contributed by atoms with E-state index in [-0.39, 0.29) is 6.01 Å². The maximum absolute atomic E-state index is 5.29. The summed E-state index contributed by atoms with van der Waals surface area (Å²) < 4.78 is 9.90. The molecule has 2 N–H and O–H groups in total. The molecule has 0 radical (unpaired) electrons. The first-order valence-corrected chi connectivity index (χ1v) is 3.77. The molecule has 0 saturated carbocycles. The molecule has 0 amide bonds. The Labute approximate surface area is 70.9 Å². The van der Waals surface area contributed by atoms with Gasteiger partial charge in [0.1, 0.15) is 5.60 Å². The molecule has 5 heteroatoms. The quantitative estimate of drug-likeness (QED) is 0.732. The van der Waals surface area contributed by atoms with Crippen LogP contribution < -0.4 is 5.73 Å². The van der Waals surface area contributed by atoms with E-state index in [1.165, 1.54) is 0 Å². The highest BCUT2D eigenvalue weighted by Crippen LogP contribution is 2.25. The molecule has 1 unspecified atom stereocenters. The molecule has 5 nitrogen and oxygen atoms in total. The van der Waals surface area contributed by atoms with Crippen molar-refractivity contribution in [3.63, 3.8) is 0 Å². The molecule has 1 heterocycles. The monoisotopic (exact) mass is 171 g/mol. The second-order valence-electron chi connectivity index (χ2n) is 2.74. The first kappa shape index (κ1) is 8.99. The van der Waals surface area contributed by atoms with E-state index in [9.17, 15) is 0 Å². The van der Waals surface area contributed by atoms with E-state index in [2.05, 4.69) is 14.7 Å². The number of hydrogen-bond acceptors (Lipinski definition) is 5. The Morgan fingerprint density at radius 3 is 2.67 bits per heavy atom. The van der Waals surface area contributed by atoms with Crippen molar-refractivity contribution in [1.29, 1.82) is 0 Å². The lowest BCUT2D eigenvalue weighted by atomic mass is 10.0. The van der Waals surface area contributed by atoms with Crippen LogP contribution in [0.1, 0.15) is 26.1 Å². The van der Waals surface area contributed by atoms with Crippen molar-refractivity contribution in [2.75, 3.05) is 12.8 Å². The van der Waals surface area contributed by atoms with Gasteiger partial charge in [-0.3, -0.25) is 0 Å². The number of nitrogen functional groups attached to an aromatic ring is 1. The molecule has 0 aliphatic rings. The summed E-state index contributed by atoms with van der Waals surface area (Å²) in [6, 6.07) is 0.0710. The summed E-state index contributed by atoms with van der Waals surface area (Å²) in [5.41, 5.74) is 4.79. The molecule has 68 valence electrons. The lowest BCUT2D eigenvalue weighted by Crippen LogP contribution is -2.24. The lowest BCUT2D eigenvalue weighted by Gasteiger charge is -2.21. The first-order valence-electron chi connectivity index (χ1n) is 3.77. The zero-order valence-corrected chi connectivity index (χ0v) is 7.50. The minimum Gasteiger partial charge on any atom is -0.370 e. The molecular weight excluding hydrogens is 158 g/mol. The average Bonchev–Trinajstić information content (AvgIpc) is 2.51. The van der Waals surface area contributed by atoms with Crippen molar-refractivity contribution in [1.82, 2.24) is 10.1 Å². The molecular formula is C7H13N3O2. The maximum atomic E-state index is 5.29. The molecule has 1 rings (SSSR count).